The summed E-state index contributed by atoms with van der Waals surface area (Å²) in [5.74, 6) is 1.17. The summed E-state index contributed by atoms with van der Waals surface area (Å²) < 4.78 is 7.34. The molecule has 0 N–H and O–H groups in total. The third kappa shape index (κ3) is 4.81. The van der Waals surface area contributed by atoms with E-state index in [2.05, 4.69) is 18.0 Å². The zero-order valence-electron chi connectivity index (χ0n) is 21.0. The molecule has 2 atom stereocenters. The van der Waals surface area contributed by atoms with Gasteiger partial charge in [-0.15, -0.1) is 0 Å². The molecule has 1 saturated heterocycles. The fourth-order valence-electron chi connectivity index (χ4n) is 5.03. The van der Waals surface area contributed by atoms with Crippen molar-refractivity contribution in [2.24, 2.45) is 0 Å². The molecule has 3 aromatic rings. The number of benzene rings is 2. The van der Waals surface area contributed by atoms with Gasteiger partial charge in [-0.2, -0.15) is 5.26 Å². The summed E-state index contributed by atoms with van der Waals surface area (Å²) in [4.78, 5) is 35.3. The van der Waals surface area contributed by atoms with E-state index in [0.29, 0.717) is 23.6 Å². The van der Waals surface area contributed by atoms with Crippen LogP contribution in [0, 0.1) is 11.3 Å². The summed E-state index contributed by atoms with van der Waals surface area (Å²) in [5, 5.41) is 9.94. The van der Waals surface area contributed by atoms with E-state index in [1.54, 1.807) is 47.0 Å². The largest absolute Gasteiger partial charge is 0.497 e. The molecule has 0 spiro atoms. The summed E-state index contributed by atoms with van der Waals surface area (Å²) in [7, 11) is 1.61. The number of hydrogen-bond acceptors (Lipinski definition) is 6. The predicted octanol–water partition coefficient (Wildman–Crippen LogP) is 4.51. The van der Waals surface area contributed by atoms with Crippen LogP contribution in [0.1, 0.15) is 53.8 Å². The smallest absolute Gasteiger partial charge is 0.272 e. The first kappa shape index (κ1) is 24.9. The van der Waals surface area contributed by atoms with Crippen LogP contribution < -0.4 is 9.64 Å². The number of anilines is 1. The lowest BCUT2D eigenvalue weighted by Gasteiger charge is -2.41. The molecule has 1 fully saturated rings. The molecule has 3 heterocycles. The van der Waals surface area contributed by atoms with Gasteiger partial charge < -0.3 is 19.1 Å². The van der Waals surface area contributed by atoms with Crippen LogP contribution in [-0.4, -0.2) is 58.3 Å². The highest BCUT2D eigenvalue weighted by atomic mass is 32.2. The number of carbonyl (C=O) groups is 2. The lowest BCUT2D eigenvalue weighted by Crippen LogP contribution is -2.58. The first-order valence-electron chi connectivity index (χ1n) is 12.5. The number of nitrogens with zero attached hydrogens (tertiary/aromatic N) is 5. The molecule has 8 nitrogen and oxygen atoms in total. The minimum Gasteiger partial charge on any atom is -0.497 e. The van der Waals surface area contributed by atoms with Crippen LogP contribution >= 0.6 is 11.8 Å². The Labute approximate surface area is 220 Å². The molecule has 190 valence electrons. The van der Waals surface area contributed by atoms with Crippen molar-refractivity contribution in [2.75, 3.05) is 30.9 Å². The van der Waals surface area contributed by atoms with Crippen LogP contribution in [-0.2, 0) is 4.79 Å². The molecule has 2 aromatic carbocycles. The van der Waals surface area contributed by atoms with Crippen molar-refractivity contribution >= 4 is 29.3 Å². The Hall–Kier alpha value is -3.77. The second-order valence-corrected chi connectivity index (χ2v) is 10.3. The second kappa shape index (κ2) is 10.7. The van der Waals surface area contributed by atoms with E-state index in [0.717, 1.165) is 41.4 Å². The number of amides is 2. The van der Waals surface area contributed by atoms with E-state index in [-0.39, 0.29) is 30.4 Å². The number of carbonyl (C=O) groups excluding carboxylic acids is 2. The Morgan fingerprint density at radius 3 is 2.78 bits per heavy atom. The summed E-state index contributed by atoms with van der Waals surface area (Å²) in [5.41, 5.74) is 2.90. The third-order valence-corrected chi connectivity index (χ3v) is 8.09. The number of thioether (sulfide) groups is 1. The average Bonchev–Trinajstić information content (AvgIpc) is 3.54. The first-order chi connectivity index (χ1) is 18.0. The Bertz CT molecular complexity index is 1350. The van der Waals surface area contributed by atoms with Gasteiger partial charge in [-0.1, -0.05) is 49.7 Å². The summed E-state index contributed by atoms with van der Waals surface area (Å²) >= 11 is 1.61. The number of ether oxygens (including phenoxy) is 1. The molecule has 1 aromatic heterocycles. The molecular formula is C28H29N5O3S. The van der Waals surface area contributed by atoms with Gasteiger partial charge in [-0.05, 0) is 36.2 Å². The monoisotopic (exact) mass is 515 g/mol. The van der Waals surface area contributed by atoms with Crippen molar-refractivity contribution in [1.82, 2.24) is 14.5 Å². The fraction of sp³-hybridized carbons (Fsp3) is 0.357. The van der Waals surface area contributed by atoms with Gasteiger partial charge in [-0.25, -0.2) is 4.98 Å². The van der Waals surface area contributed by atoms with Crippen LogP contribution in [0.5, 0.6) is 5.75 Å². The van der Waals surface area contributed by atoms with E-state index < -0.39 is 0 Å². The average molecular weight is 516 g/mol. The maximum atomic E-state index is 14.0. The molecule has 0 unspecified atom stereocenters. The van der Waals surface area contributed by atoms with Crippen molar-refractivity contribution in [3.05, 3.63) is 71.5 Å². The maximum Gasteiger partial charge on any atom is 0.272 e. The van der Waals surface area contributed by atoms with E-state index in [1.165, 1.54) is 0 Å². The second-order valence-electron chi connectivity index (χ2n) is 9.29. The number of methoxy groups -OCH3 is 1. The van der Waals surface area contributed by atoms with Crippen LogP contribution in [0.15, 0.2) is 59.9 Å². The Morgan fingerprint density at radius 2 is 2.05 bits per heavy atom. The van der Waals surface area contributed by atoms with Gasteiger partial charge in [0.05, 0.1) is 37.0 Å². The highest BCUT2D eigenvalue weighted by Crippen LogP contribution is 2.38. The van der Waals surface area contributed by atoms with E-state index in [4.69, 9.17) is 10.00 Å². The molecule has 0 aliphatic carbocycles. The van der Waals surface area contributed by atoms with Gasteiger partial charge in [0, 0.05) is 24.1 Å². The molecule has 0 bridgehead atoms. The first-order valence-corrected chi connectivity index (χ1v) is 13.5. The van der Waals surface area contributed by atoms with Gasteiger partial charge in [0.1, 0.15) is 18.0 Å². The fourth-order valence-corrected chi connectivity index (χ4v) is 6.17. The zero-order chi connectivity index (χ0) is 25.9. The maximum absolute atomic E-state index is 14.0. The lowest BCUT2D eigenvalue weighted by molar-refractivity contribution is -0.121. The Balaban J connectivity index is 1.43. The van der Waals surface area contributed by atoms with Crippen molar-refractivity contribution in [1.29, 1.82) is 5.26 Å². The number of unbranched alkanes of at least 4 members (excludes halogenated alkanes) is 1. The van der Waals surface area contributed by atoms with E-state index >= 15 is 0 Å². The zero-order valence-corrected chi connectivity index (χ0v) is 21.8. The van der Waals surface area contributed by atoms with E-state index in [9.17, 15) is 9.59 Å². The number of nitriles is 1. The molecule has 5 rings (SSSR count). The SMILES string of the molecule is CCCC[C@H]1CN(c2cccc(OC)c2)C(=O)CN1C(=O)c1cnc2n1[C@H](c1ccc(C#N)cc1)CS2. The molecule has 37 heavy (non-hydrogen) atoms. The molecule has 2 amide bonds. The highest BCUT2D eigenvalue weighted by molar-refractivity contribution is 7.99. The molecule has 2 aliphatic rings. The van der Waals surface area contributed by atoms with Crippen LogP contribution in [0.25, 0.3) is 0 Å². The van der Waals surface area contributed by atoms with Crippen molar-refractivity contribution in [3.8, 4) is 11.8 Å². The predicted molar refractivity (Wildman–Crippen MR) is 142 cm³/mol. The van der Waals surface area contributed by atoms with Crippen LogP contribution in [0.3, 0.4) is 0 Å². The minimum atomic E-state index is -0.167. The van der Waals surface area contributed by atoms with Crippen LogP contribution in [0.4, 0.5) is 5.69 Å². The number of fused-ring (bicyclic) bond motifs is 1. The van der Waals surface area contributed by atoms with E-state index in [1.807, 2.05) is 41.0 Å². The Kier molecular flexibility index (Phi) is 7.19. The molecule has 2 aliphatic heterocycles. The summed E-state index contributed by atoms with van der Waals surface area (Å²) in [6.45, 7) is 2.58. The van der Waals surface area contributed by atoms with Crippen molar-refractivity contribution in [3.63, 3.8) is 0 Å². The topological polar surface area (TPSA) is 91.5 Å². The van der Waals surface area contributed by atoms with Crippen molar-refractivity contribution in [2.45, 2.75) is 43.4 Å². The molecular weight excluding hydrogens is 486 g/mol. The number of imidazole rings is 1. The Morgan fingerprint density at radius 1 is 1.24 bits per heavy atom. The standard InChI is InChI=1S/C28H29N5O3S/c1-3-4-6-22-16-31(21-7-5-8-23(13-21)36-2)26(34)17-32(22)27(35)24-15-30-28-33(24)25(18-37-28)20-11-9-19(14-29)10-12-20/h5,7-13,15,22,25H,3-4,6,16-18H2,1-2H3/t22-,25-/m0/s1. The molecule has 0 saturated carbocycles. The van der Waals surface area contributed by atoms with Gasteiger partial charge in [-0.3, -0.25) is 9.59 Å². The normalized spacial score (nSPS) is 19.0. The number of piperazine rings is 1. The van der Waals surface area contributed by atoms with Gasteiger partial charge in [0.25, 0.3) is 5.91 Å². The van der Waals surface area contributed by atoms with Crippen LogP contribution in [0.2, 0.25) is 0 Å². The number of rotatable bonds is 7. The minimum absolute atomic E-state index is 0.0135. The molecule has 9 heteroatoms. The molecule has 0 radical (unpaired) electrons. The quantitative estimate of drug-likeness (QED) is 0.460. The van der Waals surface area contributed by atoms with Gasteiger partial charge in [0.2, 0.25) is 5.91 Å². The summed E-state index contributed by atoms with van der Waals surface area (Å²) in [6, 6.07) is 16.9. The third-order valence-electron chi connectivity index (χ3n) is 7.05. The highest BCUT2D eigenvalue weighted by Gasteiger charge is 2.39. The number of hydrogen-bond donors (Lipinski definition) is 0. The lowest BCUT2D eigenvalue weighted by atomic mass is 10.0. The van der Waals surface area contributed by atoms with Gasteiger partial charge in [0.15, 0.2) is 5.16 Å². The van der Waals surface area contributed by atoms with Crippen molar-refractivity contribution < 1.29 is 14.3 Å². The summed E-state index contributed by atoms with van der Waals surface area (Å²) in [6.07, 6.45) is 4.41. The van der Waals surface area contributed by atoms with Gasteiger partial charge >= 0.3 is 0 Å². The number of aromatic nitrogens is 2.